The molecule has 0 fully saturated rings. The molecule has 0 spiro atoms. The van der Waals surface area contributed by atoms with E-state index in [1.807, 2.05) is 17.8 Å². The Kier molecular flexibility index (Phi) is 3.57. The Morgan fingerprint density at radius 2 is 2.28 bits per heavy atom. The molecule has 0 aliphatic rings. The first-order valence-electron chi connectivity index (χ1n) is 5.57. The van der Waals surface area contributed by atoms with Gasteiger partial charge < -0.3 is 10.4 Å². The zero-order valence-electron chi connectivity index (χ0n) is 10.00. The molecule has 0 aliphatic carbocycles. The number of carboxylic acid groups (broad SMARTS) is 1. The molecule has 18 heavy (non-hydrogen) atoms. The second-order valence-electron chi connectivity index (χ2n) is 3.94. The third kappa shape index (κ3) is 3.07. The fourth-order valence-electron chi connectivity index (χ4n) is 1.51. The number of hydrogen-bond donors (Lipinski definition) is 2. The van der Waals surface area contributed by atoms with Crippen LogP contribution in [0.15, 0.2) is 30.7 Å². The van der Waals surface area contributed by atoms with Crippen LogP contribution in [0, 0.1) is 6.92 Å². The molecule has 2 rings (SSSR count). The Bertz CT molecular complexity index is 533. The van der Waals surface area contributed by atoms with Gasteiger partial charge in [-0.2, -0.15) is 5.10 Å². The van der Waals surface area contributed by atoms with E-state index in [0.717, 1.165) is 12.1 Å². The van der Waals surface area contributed by atoms with E-state index in [1.54, 1.807) is 12.3 Å². The summed E-state index contributed by atoms with van der Waals surface area (Å²) in [5, 5.41) is 16.0. The zero-order valence-corrected chi connectivity index (χ0v) is 10.00. The number of rotatable bonds is 5. The lowest BCUT2D eigenvalue weighted by Gasteiger charge is -2.05. The third-order valence-corrected chi connectivity index (χ3v) is 2.42. The predicted octanol–water partition coefficient (Wildman–Crippen LogP) is 1.40. The quantitative estimate of drug-likeness (QED) is 0.833. The molecule has 2 N–H and O–H groups in total. The van der Waals surface area contributed by atoms with E-state index in [-0.39, 0.29) is 5.56 Å². The fourth-order valence-corrected chi connectivity index (χ4v) is 1.51. The van der Waals surface area contributed by atoms with Crippen LogP contribution in [0.5, 0.6) is 0 Å². The zero-order chi connectivity index (χ0) is 13.0. The van der Waals surface area contributed by atoms with Crippen LogP contribution in [0.1, 0.15) is 15.9 Å². The van der Waals surface area contributed by atoms with Crippen molar-refractivity contribution >= 4 is 11.8 Å². The van der Waals surface area contributed by atoms with Crippen molar-refractivity contribution < 1.29 is 9.90 Å². The maximum Gasteiger partial charge on any atom is 0.337 e. The molecular weight excluding hydrogens is 232 g/mol. The number of hydrogen-bond acceptors (Lipinski definition) is 4. The molecular formula is C12H14N4O2. The van der Waals surface area contributed by atoms with Gasteiger partial charge in [-0.15, -0.1) is 0 Å². The molecule has 0 bridgehead atoms. The Morgan fingerprint density at radius 1 is 1.44 bits per heavy atom. The average Bonchev–Trinajstić information content (AvgIpc) is 2.76. The monoisotopic (exact) mass is 246 g/mol. The van der Waals surface area contributed by atoms with Gasteiger partial charge in [0, 0.05) is 18.9 Å². The van der Waals surface area contributed by atoms with Crippen molar-refractivity contribution in [3.05, 3.63) is 41.9 Å². The molecule has 0 radical (unpaired) electrons. The smallest absolute Gasteiger partial charge is 0.337 e. The molecule has 0 saturated heterocycles. The minimum absolute atomic E-state index is 0.184. The summed E-state index contributed by atoms with van der Waals surface area (Å²) in [6.45, 7) is 3.40. The number of nitrogens with one attached hydrogen (secondary N) is 1. The molecule has 0 atom stereocenters. The van der Waals surface area contributed by atoms with E-state index in [9.17, 15) is 4.79 Å². The van der Waals surface area contributed by atoms with Crippen LogP contribution in [0.4, 0.5) is 5.82 Å². The minimum atomic E-state index is -0.971. The van der Waals surface area contributed by atoms with Crippen LogP contribution in [0.3, 0.4) is 0 Å². The van der Waals surface area contributed by atoms with Crippen molar-refractivity contribution in [3.63, 3.8) is 0 Å². The highest BCUT2D eigenvalue weighted by Crippen LogP contribution is 2.04. The SMILES string of the molecule is Cc1cnn(CCNc2ccc(C(=O)O)cn2)c1. The average molecular weight is 246 g/mol. The number of carbonyl (C=O) groups is 1. The maximum atomic E-state index is 10.6. The van der Waals surface area contributed by atoms with Crippen LogP contribution >= 0.6 is 0 Å². The van der Waals surface area contributed by atoms with Gasteiger partial charge in [-0.3, -0.25) is 4.68 Å². The summed E-state index contributed by atoms with van der Waals surface area (Å²) in [5.74, 6) is -0.315. The second kappa shape index (κ2) is 5.31. The molecule has 0 unspecified atom stereocenters. The van der Waals surface area contributed by atoms with Gasteiger partial charge in [-0.05, 0) is 24.6 Å². The summed E-state index contributed by atoms with van der Waals surface area (Å²) in [6.07, 6.45) is 5.10. The lowest BCUT2D eigenvalue weighted by molar-refractivity contribution is 0.0696. The van der Waals surface area contributed by atoms with Crippen LogP contribution in [-0.4, -0.2) is 32.4 Å². The Morgan fingerprint density at radius 3 is 2.83 bits per heavy atom. The van der Waals surface area contributed by atoms with Crippen molar-refractivity contribution in [2.75, 3.05) is 11.9 Å². The highest BCUT2D eigenvalue weighted by atomic mass is 16.4. The highest BCUT2D eigenvalue weighted by molar-refractivity contribution is 5.87. The van der Waals surface area contributed by atoms with Crippen molar-refractivity contribution in [1.82, 2.24) is 14.8 Å². The number of aromatic carboxylic acids is 1. The topological polar surface area (TPSA) is 80.0 Å². The van der Waals surface area contributed by atoms with Gasteiger partial charge in [0.05, 0.1) is 18.3 Å². The van der Waals surface area contributed by atoms with Crippen molar-refractivity contribution in [2.45, 2.75) is 13.5 Å². The van der Waals surface area contributed by atoms with E-state index < -0.39 is 5.97 Å². The minimum Gasteiger partial charge on any atom is -0.478 e. The van der Waals surface area contributed by atoms with Crippen molar-refractivity contribution in [2.24, 2.45) is 0 Å². The van der Waals surface area contributed by atoms with Crippen LogP contribution in [-0.2, 0) is 6.54 Å². The Hall–Kier alpha value is -2.37. The largest absolute Gasteiger partial charge is 0.478 e. The number of pyridine rings is 1. The summed E-state index contributed by atoms with van der Waals surface area (Å²) >= 11 is 0. The number of carboxylic acids is 1. The van der Waals surface area contributed by atoms with Crippen molar-refractivity contribution in [3.8, 4) is 0 Å². The molecule has 0 aromatic carbocycles. The molecule has 2 heterocycles. The number of nitrogens with zero attached hydrogens (tertiary/aromatic N) is 3. The van der Waals surface area contributed by atoms with E-state index in [0.29, 0.717) is 12.4 Å². The summed E-state index contributed by atoms with van der Waals surface area (Å²) in [6, 6.07) is 3.17. The molecule has 94 valence electrons. The number of aromatic nitrogens is 3. The summed E-state index contributed by atoms with van der Waals surface area (Å²) < 4.78 is 1.84. The number of aryl methyl sites for hydroxylation is 1. The molecule has 0 saturated carbocycles. The van der Waals surface area contributed by atoms with Gasteiger partial charge in [0.2, 0.25) is 0 Å². The van der Waals surface area contributed by atoms with Gasteiger partial charge in [-0.25, -0.2) is 9.78 Å². The highest BCUT2D eigenvalue weighted by Gasteiger charge is 2.02. The van der Waals surface area contributed by atoms with Crippen LogP contribution < -0.4 is 5.32 Å². The summed E-state index contributed by atoms with van der Waals surface area (Å²) in [5.41, 5.74) is 1.31. The fraction of sp³-hybridized carbons (Fsp3) is 0.250. The molecule has 2 aromatic rings. The van der Waals surface area contributed by atoms with E-state index in [2.05, 4.69) is 15.4 Å². The molecule has 0 aliphatic heterocycles. The van der Waals surface area contributed by atoms with E-state index in [1.165, 1.54) is 12.3 Å². The Balaban J connectivity index is 1.85. The lowest BCUT2D eigenvalue weighted by atomic mass is 10.3. The van der Waals surface area contributed by atoms with Gasteiger partial charge in [0.15, 0.2) is 0 Å². The summed E-state index contributed by atoms with van der Waals surface area (Å²) in [7, 11) is 0. The van der Waals surface area contributed by atoms with Gasteiger partial charge in [0.25, 0.3) is 0 Å². The lowest BCUT2D eigenvalue weighted by Crippen LogP contribution is -2.11. The maximum absolute atomic E-state index is 10.6. The number of anilines is 1. The van der Waals surface area contributed by atoms with E-state index >= 15 is 0 Å². The van der Waals surface area contributed by atoms with Crippen molar-refractivity contribution in [1.29, 1.82) is 0 Å². The third-order valence-electron chi connectivity index (χ3n) is 2.42. The van der Waals surface area contributed by atoms with Gasteiger partial charge in [-0.1, -0.05) is 0 Å². The van der Waals surface area contributed by atoms with Gasteiger partial charge in [0.1, 0.15) is 5.82 Å². The predicted molar refractivity (Wildman–Crippen MR) is 66.7 cm³/mol. The van der Waals surface area contributed by atoms with Gasteiger partial charge >= 0.3 is 5.97 Å². The molecule has 0 amide bonds. The molecule has 6 nitrogen and oxygen atoms in total. The van der Waals surface area contributed by atoms with Crippen LogP contribution in [0.25, 0.3) is 0 Å². The first kappa shape index (κ1) is 12.1. The standard InChI is InChI=1S/C12H14N4O2/c1-9-6-15-16(8-9)5-4-13-11-3-2-10(7-14-11)12(17)18/h2-3,6-8H,4-5H2,1H3,(H,13,14)(H,17,18). The Labute approximate surface area is 104 Å². The first-order valence-corrected chi connectivity index (χ1v) is 5.57. The summed E-state index contributed by atoms with van der Waals surface area (Å²) in [4.78, 5) is 14.7. The van der Waals surface area contributed by atoms with E-state index in [4.69, 9.17) is 5.11 Å². The van der Waals surface area contributed by atoms with Crippen LogP contribution in [0.2, 0.25) is 0 Å². The first-order chi connectivity index (χ1) is 8.65. The second-order valence-corrected chi connectivity index (χ2v) is 3.94. The molecule has 6 heteroatoms. The normalized spacial score (nSPS) is 10.3. The molecule has 2 aromatic heterocycles.